The van der Waals surface area contributed by atoms with Crippen molar-refractivity contribution in [2.24, 2.45) is 11.8 Å². The fourth-order valence-corrected chi connectivity index (χ4v) is 7.93. The molecule has 7 rings (SSSR count). The fraction of sp³-hybridized carbons (Fsp3) is 0.516. The van der Waals surface area contributed by atoms with Crippen LogP contribution < -0.4 is 14.2 Å². The first-order chi connectivity index (χ1) is 18.5. The lowest BCUT2D eigenvalue weighted by Gasteiger charge is -2.57. The number of fused-ring (bicyclic) bond motifs is 4. The van der Waals surface area contributed by atoms with E-state index in [-0.39, 0.29) is 12.0 Å². The Balaban J connectivity index is 1.49. The van der Waals surface area contributed by atoms with Crippen LogP contribution in [0, 0.1) is 11.8 Å². The van der Waals surface area contributed by atoms with Crippen molar-refractivity contribution in [3.05, 3.63) is 52.7 Å². The number of ether oxygens (including phenoxy) is 4. The number of esters is 1. The third kappa shape index (κ3) is 3.62. The second-order valence-corrected chi connectivity index (χ2v) is 11.2. The van der Waals surface area contributed by atoms with Gasteiger partial charge in [-0.2, -0.15) is 0 Å². The summed E-state index contributed by atoms with van der Waals surface area (Å²) in [6.07, 6.45) is 4.73. The van der Waals surface area contributed by atoms with Gasteiger partial charge in [0.05, 0.1) is 28.4 Å². The number of methoxy groups -OCH3 is 4. The van der Waals surface area contributed by atoms with Crippen LogP contribution in [0.4, 0.5) is 0 Å². The zero-order valence-electron chi connectivity index (χ0n) is 23.1. The minimum absolute atomic E-state index is 0.0948. The summed E-state index contributed by atoms with van der Waals surface area (Å²) in [6, 6.07) is 10.5. The van der Waals surface area contributed by atoms with Gasteiger partial charge in [0.25, 0.3) is 0 Å². The van der Waals surface area contributed by atoms with Gasteiger partial charge in [0.1, 0.15) is 11.2 Å². The zero-order chi connectivity index (χ0) is 26.6. The Labute approximate surface area is 224 Å². The third-order valence-corrected chi connectivity index (χ3v) is 9.40. The molecule has 1 saturated carbocycles. The van der Waals surface area contributed by atoms with E-state index >= 15 is 0 Å². The molecule has 1 aromatic heterocycles. The van der Waals surface area contributed by atoms with Crippen LogP contribution in [0.1, 0.15) is 48.6 Å². The standard InChI is InChI=1S/C31H38N2O5/c1-6-20-12-19-16-31(30(34)38-5)28-22(9-10-33(17-19)29(20)31)23-15-26(36-3)21(14-24(23)32-28)11-18-7-8-25(35-2)27(13-18)37-4/h7-8,13-15,19-20,29,32H,6,9-12,16-17H2,1-5H3/t19-,20+,29+,31-/m1/s1. The number of aromatic nitrogens is 1. The van der Waals surface area contributed by atoms with Crippen LogP contribution >= 0.6 is 0 Å². The molecule has 3 fully saturated rings. The van der Waals surface area contributed by atoms with Gasteiger partial charge in [-0.05, 0) is 66.5 Å². The number of rotatable bonds is 7. The Hall–Kier alpha value is -3.19. The number of carbonyl (C=O) groups is 1. The van der Waals surface area contributed by atoms with Crippen molar-refractivity contribution in [1.29, 1.82) is 0 Å². The molecule has 2 saturated heterocycles. The maximum Gasteiger partial charge on any atom is 0.319 e. The Kier molecular flexibility index (Phi) is 6.29. The summed E-state index contributed by atoms with van der Waals surface area (Å²) in [5, 5.41) is 1.15. The summed E-state index contributed by atoms with van der Waals surface area (Å²) in [7, 11) is 6.57. The Bertz CT molecular complexity index is 1380. The molecule has 4 aliphatic rings. The highest BCUT2D eigenvalue weighted by Gasteiger charge is 2.62. The molecule has 1 unspecified atom stereocenters. The zero-order valence-corrected chi connectivity index (χ0v) is 23.1. The topological polar surface area (TPSA) is 73.0 Å². The van der Waals surface area contributed by atoms with Crippen LogP contribution in [0.15, 0.2) is 30.3 Å². The molecule has 0 radical (unpaired) electrons. The first kappa shape index (κ1) is 25.1. The molecule has 1 N–H and O–H groups in total. The highest BCUT2D eigenvalue weighted by atomic mass is 16.5. The first-order valence-electron chi connectivity index (χ1n) is 13.7. The number of nitrogens with zero attached hydrogens (tertiary/aromatic N) is 1. The lowest BCUT2D eigenvalue weighted by atomic mass is 9.56. The van der Waals surface area contributed by atoms with E-state index in [0.29, 0.717) is 29.8 Å². The average molecular weight is 519 g/mol. The normalized spacial score (nSPS) is 27.5. The SMILES string of the molecule is CC[C@H]1C[C@H]2CN3CCc4c([nH]c5cc(Cc6ccc(OC)c(OC)c6)c(OC)cc45)[C@](C(=O)OC)(C2)[C@H]13. The lowest BCUT2D eigenvalue weighted by Crippen LogP contribution is -2.67. The van der Waals surface area contributed by atoms with Crippen LogP contribution in [-0.2, 0) is 27.8 Å². The van der Waals surface area contributed by atoms with Gasteiger partial charge in [-0.25, -0.2) is 0 Å². The van der Waals surface area contributed by atoms with E-state index in [1.54, 1.807) is 28.4 Å². The number of nitrogens with one attached hydrogen (secondary N) is 1. The average Bonchev–Trinajstić information content (AvgIpc) is 3.27. The van der Waals surface area contributed by atoms with Gasteiger partial charge in [0, 0.05) is 47.7 Å². The maximum absolute atomic E-state index is 13.8. The quantitative estimate of drug-likeness (QED) is 0.450. The van der Waals surface area contributed by atoms with Crippen LogP contribution in [0.5, 0.6) is 17.2 Å². The van der Waals surface area contributed by atoms with E-state index in [2.05, 4.69) is 35.0 Å². The summed E-state index contributed by atoms with van der Waals surface area (Å²) in [6.45, 7) is 4.31. The second kappa shape index (κ2) is 9.53. The molecule has 0 spiro atoms. The van der Waals surface area contributed by atoms with Crippen molar-refractivity contribution < 1.29 is 23.7 Å². The Morgan fingerprint density at radius 3 is 2.55 bits per heavy atom. The van der Waals surface area contributed by atoms with Crippen molar-refractivity contribution in [2.45, 2.75) is 50.5 Å². The van der Waals surface area contributed by atoms with Crippen molar-refractivity contribution in [1.82, 2.24) is 9.88 Å². The summed E-state index contributed by atoms with van der Waals surface area (Å²) < 4.78 is 22.4. The van der Waals surface area contributed by atoms with E-state index in [4.69, 9.17) is 18.9 Å². The predicted octanol–water partition coefficient (Wildman–Crippen LogP) is 4.87. The molecule has 0 amide bonds. The van der Waals surface area contributed by atoms with Crippen molar-refractivity contribution in [3.8, 4) is 17.2 Å². The first-order valence-corrected chi connectivity index (χ1v) is 13.7. The third-order valence-electron chi connectivity index (χ3n) is 9.40. The summed E-state index contributed by atoms with van der Waals surface area (Å²) in [5.41, 5.74) is 4.89. The highest BCUT2D eigenvalue weighted by Crippen LogP contribution is 2.55. The molecule has 5 atom stereocenters. The van der Waals surface area contributed by atoms with E-state index in [9.17, 15) is 4.79 Å². The number of aromatic amines is 1. The molecule has 4 bridgehead atoms. The molecule has 3 aromatic rings. The Morgan fingerprint density at radius 1 is 1.05 bits per heavy atom. The molecule has 202 valence electrons. The monoisotopic (exact) mass is 518 g/mol. The molecule has 3 aliphatic heterocycles. The van der Waals surface area contributed by atoms with E-state index in [1.807, 2.05) is 12.1 Å². The van der Waals surface area contributed by atoms with Gasteiger partial charge < -0.3 is 23.9 Å². The van der Waals surface area contributed by atoms with Gasteiger partial charge in [0.2, 0.25) is 0 Å². The van der Waals surface area contributed by atoms with E-state index in [0.717, 1.165) is 65.8 Å². The molecule has 7 heteroatoms. The lowest BCUT2D eigenvalue weighted by molar-refractivity contribution is -0.162. The van der Waals surface area contributed by atoms with Crippen LogP contribution in [0.2, 0.25) is 0 Å². The molecule has 7 nitrogen and oxygen atoms in total. The molecule has 1 aliphatic carbocycles. The van der Waals surface area contributed by atoms with Crippen LogP contribution in [-0.4, -0.2) is 63.4 Å². The summed E-state index contributed by atoms with van der Waals surface area (Å²) in [4.78, 5) is 20.1. The van der Waals surface area contributed by atoms with Crippen LogP contribution in [0.25, 0.3) is 10.9 Å². The minimum Gasteiger partial charge on any atom is -0.496 e. The number of hydrogen-bond donors (Lipinski definition) is 1. The second-order valence-electron chi connectivity index (χ2n) is 11.2. The minimum atomic E-state index is -0.655. The molecule has 38 heavy (non-hydrogen) atoms. The summed E-state index contributed by atoms with van der Waals surface area (Å²) in [5.74, 6) is 3.18. The predicted molar refractivity (Wildman–Crippen MR) is 146 cm³/mol. The fourth-order valence-electron chi connectivity index (χ4n) is 7.93. The van der Waals surface area contributed by atoms with E-state index in [1.165, 1.54) is 12.0 Å². The summed E-state index contributed by atoms with van der Waals surface area (Å²) >= 11 is 0. The molecular formula is C31H38N2O5. The van der Waals surface area contributed by atoms with Gasteiger partial charge in [0.15, 0.2) is 11.5 Å². The number of carbonyl (C=O) groups excluding carboxylic acids is 1. The van der Waals surface area contributed by atoms with Crippen LogP contribution in [0.3, 0.4) is 0 Å². The maximum atomic E-state index is 13.8. The largest absolute Gasteiger partial charge is 0.496 e. The Morgan fingerprint density at radius 2 is 1.84 bits per heavy atom. The molecule has 2 aromatic carbocycles. The molecule has 4 heterocycles. The number of H-pyrrole nitrogens is 1. The molecular weight excluding hydrogens is 480 g/mol. The van der Waals surface area contributed by atoms with Gasteiger partial charge in [-0.3, -0.25) is 9.69 Å². The smallest absolute Gasteiger partial charge is 0.319 e. The van der Waals surface area contributed by atoms with E-state index < -0.39 is 5.41 Å². The van der Waals surface area contributed by atoms with Crippen molar-refractivity contribution in [3.63, 3.8) is 0 Å². The number of benzene rings is 2. The van der Waals surface area contributed by atoms with Gasteiger partial charge in [-0.1, -0.05) is 19.4 Å². The van der Waals surface area contributed by atoms with Gasteiger partial charge in [-0.15, -0.1) is 0 Å². The van der Waals surface area contributed by atoms with Crippen molar-refractivity contribution >= 4 is 16.9 Å². The highest BCUT2D eigenvalue weighted by molar-refractivity contribution is 5.93. The number of hydrogen-bond acceptors (Lipinski definition) is 6. The van der Waals surface area contributed by atoms with Gasteiger partial charge >= 0.3 is 5.97 Å². The van der Waals surface area contributed by atoms with Crippen molar-refractivity contribution in [2.75, 3.05) is 41.5 Å². The number of piperidine rings is 2.